The van der Waals surface area contributed by atoms with E-state index in [0.717, 1.165) is 16.9 Å². The van der Waals surface area contributed by atoms with E-state index < -0.39 is 11.6 Å². The van der Waals surface area contributed by atoms with Crippen LogP contribution in [0.2, 0.25) is 0 Å². The molecule has 7 nitrogen and oxygen atoms in total. The Labute approximate surface area is 146 Å². The standard InChI is InChI=1S/C18H23N3O4/c1-2-8-18(14-6-4-3-5-7-14)16(23)21(17(24)19-18)13-15(22)20-9-11-25-12-10-20/h3-7H,2,8-13H2,1H3,(H,19,24). The number of hydrogen-bond donors (Lipinski definition) is 1. The molecule has 1 aromatic rings. The maximum atomic E-state index is 13.1. The van der Waals surface area contributed by atoms with E-state index in [1.165, 1.54) is 0 Å². The second kappa shape index (κ2) is 7.23. The molecular weight excluding hydrogens is 322 g/mol. The van der Waals surface area contributed by atoms with Crippen molar-refractivity contribution < 1.29 is 19.1 Å². The number of benzene rings is 1. The van der Waals surface area contributed by atoms with Crippen LogP contribution in [0.3, 0.4) is 0 Å². The van der Waals surface area contributed by atoms with Crippen LogP contribution in [0.25, 0.3) is 0 Å². The van der Waals surface area contributed by atoms with Crippen LogP contribution in [0.15, 0.2) is 30.3 Å². The summed E-state index contributed by atoms with van der Waals surface area (Å²) in [4.78, 5) is 40.7. The molecule has 0 spiro atoms. The van der Waals surface area contributed by atoms with Gasteiger partial charge >= 0.3 is 6.03 Å². The average molecular weight is 345 g/mol. The van der Waals surface area contributed by atoms with Gasteiger partial charge in [0.05, 0.1) is 13.2 Å². The molecule has 25 heavy (non-hydrogen) atoms. The summed E-state index contributed by atoms with van der Waals surface area (Å²) in [6.07, 6.45) is 1.22. The first-order valence-electron chi connectivity index (χ1n) is 8.63. The number of carbonyl (C=O) groups excluding carboxylic acids is 3. The van der Waals surface area contributed by atoms with E-state index in [1.54, 1.807) is 4.90 Å². The Morgan fingerprint density at radius 1 is 1.20 bits per heavy atom. The van der Waals surface area contributed by atoms with Crippen molar-refractivity contribution in [2.45, 2.75) is 25.3 Å². The SMILES string of the molecule is CCCC1(c2ccccc2)NC(=O)N(CC(=O)N2CCOCC2)C1=O. The molecule has 7 heteroatoms. The summed E-state index contributed by atoms with van der Waals surface area (Å²) in [5.41, 5.74) is -0.338. The second-order valence-electron chi connectivity index (χ2n) is 6.34. The molecule has 2 aliphatic rings. The molecule has 0 aromatic heterocycles. The summed E-state index contributed by atoms with van der Waals surface area (Å²) in [6.45, 7) is 3.67. The Kier molecular flexibility index (Phi) is 5.03. The quantitative estimate of drug-likeness (QED) is 0.811. The molecule has 0 radical (unpaired) electrons. The van der Waals surface area contributed by atoms with Gasteiger partial charge in [0, 0.05) is 13.1 Å². The molecule has 2 saturated heterocycles. The molecular formula is C18H23N3O4. The number of urea groups is 1. The third-order valence-corrected chi connectivity index (χ3v) is 4.72. The predicted octanol–water partition coefficient (Wildman–Crippen LogP) is 1.09. The maximum absolute atomic E-state index is 13.1. The molecule has 0 aliphatic carbocycles. The highest BCUT2D eigenvalue weighted by Crippen LogP contribution is 2.33. The summed E-state index contributed by atoms with van der Waals surface area (Å²) < 4.78 is 5.23. The van der Waals surface area contributed by atoms with Crippen molar-refractivity contribution in [3.63, 3.8) is 0 Å². The number of carbonyl (C=O) groups is 3. The molecule has 2 aliphatic heterocycles. The third kappa shape index (κ3) is 3.24. The first-order chi connectivity index (χ1) is 12.1. The first kappa shape index (κ1) is 17.4. The van der Waals surface area contributed by atoms with E-state index in [0.29, 0.717) is 32.7 Å². The van der Waals surface area contributed by atoms with E-state index >= 15 is 0 Å². The van der Waals surface area contributed by atoms with Gasteiger partial charge in [-0.2, -0.15) is 0 Å². The largest absolute Gasteiger partial charge is 0.378 e. The zero-order valence-electron chi connectivity index (χ0n) is 14.4. The molecule has 134 valence electrons. The van der Waals surface area contributed by atoms with Gasteiger partial charge in [0.25, 0.3) is 5.91 Å². The minimum atomic E-state index is -1.08. The summed E-state index contributed by atoms with van der Waals surface area (Å²) >= 11 is 0. The monoisotopic (exact) mass is 345 g/mol. The number of imide groups is 1. The van der Waals surface area contributed by atoms with Gasteiger partial charge in [-0.05, 0) is 12.0 Å². The Morgan fingerprint density at radius 2 is 1.88 bits per heavy atom. The Morgan fingerprint density at radius 3 is 2.52 bits per heavy atom. The van der Waals surface area contributed by atoms with Gasteiger partial charge in [0.1, 0.15) is 12.1 Å². The number of morpholine rings is 1. The van der Waals surface area contributed by atoms with Crippen LogP contribution in [0.5, 0.6) is 0 Å². The van der Waals surface area contributed by atoms with E-state index in [-0.39, 0.29) is 18.4 Å². The summed E-state index contributed by atoms with van der Waals surface area (Å²) in [5.74, 6) is -0.584. The van der Waals surface area contributed by atoms with Crippen LogP contribution in [-0.2, 0) is 19.9 Å². The van der Waals surface area contributed by atoms with Crippen molar-refractivity contribution in [1.82, 2.24) is 15.1 Å². The van der Waals surface area contributed by atoms with Crippen molar-refractivity contribution >= 4 is 17.8 Å². The van der Waals surface area contributed by atoms with Crippen molar-refractivity contribution in [1.29, 1.82) is 0 Å². The minimum Gasteiger partial charge on any atom is -0.378 e. The van der Waals surface area contributed by atoms with Crippen LogP contribution < -0.4 is 5.32 Å². The molecule has 1 aromatic carbocycles. The molecule has 1 unspecified atom stereocenters. The fourth-order valence-electron chi connectivity index (χ4n) is 3.42. The predicted molar refractivity (Wildman–Crippen MR) is 90.7 cm³/mol. The fraction of sp³-hybridized carbons (Fsp3) is 0.500. The number of hydrogen-bond acceptors (Lipinski definition) is 4. The summed E-state index contributed by atoms with van der Waals surface area (Å²) in [5, 5.41) is 2.83. The van der Waals surface area contributed by atoms with Gasteiger partial charge in [-0.25, -0.2) is 4.79 Å². The minimum absolute atomic E-state index is 0.229. The molecule has 2 heterocycles. The normalized spacial score (nSPS) is 23.7. The summed E-state index contributed by atoms with van der Waals surface area (Å²) in [7, 11) is 0. The number of rotatable bonds is 5. The molecule has 4 amide bonds. The molecule has 1 N–H and O–H groups in total. The number of ether oxygens (including phenoxy) is 1. The number of nitrogens with one attached hydrogen (secondary N) is 1. The lowest BCUT2D eigenvalue weighted by atomic mass is 9.85. The Balaban J connectivity index is 1.81. The van der Waals surface area contributed by atoms with E-state index in [1.807, 2.05) is 37.3 Å². The maximum Gasteiger partial charge on any atom is 0.325 e. The highest BCUT2D eigenvalue weighted by molar-refractivity contribution is 6.09. The van der Waals surface area contributed by atoms with Gasteiger partial charge in [0.15, 0.2) is 0 Å². The average Bonchev–Trinajstić information content (AvgIpc) is 2.88. The number of nitrogens with zero attached hydrogens (tertiary/aromatic N) is 2. The van der Waals surface area contributed by atoms with Gasteiger partial charge in [-0.1, -0.05) is 43.7 Å². The lowest BCUT2D eigenvalue weighted by molar-refractivity contribution is -0.141. The molecule has 2 fully saturated rings. The van der Waals surface area contributed by atoms with Crippen LogP contribution in [-0.4, -0.2) is 60.5 Å². The van der Waals surface area contributed by atoms with E-state index in [4.69, 9.17) is 4.74 Å². The van der Waals surface area contributed by atoms with E-state index in [9.17, 15) is 14.4 Å². The van der Waals surface area contributed by atoms with Gasteiger partial charge < -0.3 is 15.0 Å². The van der Waals surface area contributed by atoms with Gasteiger partial charge in [-0.3, -0.25) is 14.5 Å². The fourth-order valence-corrected chi connectivity index (χ4v) is 3.42. The zero-order chi connectivity index (χ0) is 17.9. The zero-order valence-corrected chi connectivity index (χ0v) is 14.4. The van der Waals surface area contributed by atoms with Crippen LogP contribution in [0.4, 0.5) is 4.79 Å². The van der Waals surface area contributed by atoms with Crippen molar-refractivity contribution in [3.8, 4) is 0 Å². The van der Waals surface area contributed by atoms with Gasteiger partial charge in [0.2, 0.25) is 5.91 Å². The molecule has 0 bridgehead atoms. The topological polar surface area (TPSA) is 79.0 Å². The highest BCUT2D eigenvalue weighted by Gasteiger charge is 2.52. The highest BCUT2D eigenvalue weighted by atomic mass is 16.5. The Hall–Kier alpha value is -2.41. The molecule has 0 saturated carbocycles. The van der Waals surface area contributed by atoms with Crippen LogP contribution in [0, 0.1) is 0 Å². The van der Waals surface area contributed by atoms with Crippen LogP contribution in [0.1, 0.15) is 25.3 Å². The first-order valence-corrected chi connectivity index (χ1v) is 8.63. The number of amides is 4. The summed E-state index contributed by atoms with van der Waals surface area (Å²) in [6, 6.07) is 8.71. The molecule has 3 rings (SSSR count). The van der Waals surface area contributed by atoms with Crippen molar-refractivity contribution in [2.24, 2.45) is 0 Å². The van der Waals surface area contributed by atoms with Crippen molar-refractivity contribution in [2.75, 3.05) is 32.8 Å². The Bertz CT molecular complexity index is 658. The van der Waals surface area contributed by atoms with Gasteiger partial charge in [-0.15, -0.1) is 0 Å². The van der Waals surface area contributed by atoms with Crippen LogP contribution >= 0.6 is 0 Å². The third-order valence-electron chi connectivity index (χ3n) is 4.72. The second-order valence-corrected chi connectivity index (χ2v) is 6.34. The van der Waals surface area contributed by atoms with E-state index in [2.05, 4.69) is 5.32 Å². The van der Waals surface area contributed by atoms with Crippen molar-refractivity contribution in [3.05, 3.63) is 35.9 Å². The molecule has 1 atom stereocenters. The lowest BCUT2D eigenvalue weighted by Gasteiger charge is -2.29. The lowest BCUT2D eigenvalue weighted by Crippen LogP contribution is -2.48. The smallest absolute Gasteiger partial charge is 0.325 e.